The zero-order chi connectivity index (χ0) is 22.4. The number of nitrogens with zero attached hydrogens (tertiary/aromatic N) is 3. The molecular weight excluding hydrogens is 426 g/mol. The first-order valence-electron chi connectivity index (χ1n) is 10.4. The first-order valence-corrected chi connectivity index (χ1v) is 10.8. The highest BCUT2D eigenvalue weighted by molar-refractivity contribution is 6.30. The van der Waals surface area contributed by atoms with E-state index in [1.54, 1.807) is 29.3 Å². The van der Waals surface area contributed by atoms with Gasteiger partial charge in [-0.1, -0.05) is 41.9 Å². The highest BCUT2D eigenvalue weighted by Crippen LogP contribution is 2.47. The smallest absolute Gasteiger partial charge is 0.266 e. The lowest BCUT2D eigenvalue weighted by Gasteiger charge is -2.29. The molecule has 0 aliphatic carbocycles. The minimum absolute atomic E-state index is 0.260. The third-order valence-corrected chi connectivity index (χ3v) is 6.21. The van der Waals surface area contributed by atoms with E-state index in [1.807, 2.05) is 73.6 Å². The monoisotopic (exact) mass is 447 g/mol. The molecule has 162 valence electrons. The van der Waals surface area contributed by atoms with Crippen LogP contribution in [-0.2, 0) is 14.4 Å². The molecule has 0 aromatic heterocycles. The summed E-state index contributed by atoms with van der Waals surface area (Å²) in [5.41, 5.74) is 3.23. The molecule has 2 fully saturated rings. The Morgan fingerprint density at radius 2 is 1.47 bits per heavy atom. The van der Waals surface area contributed by atoms with Crippen LogP contribution in [0.3, 0.4) is 0 Å². The number of rotatable bonds is 4. The maximum absolute atomic E-state index is 13.6. The lowest BCUT2D eigenvalue weighted by atomic mass is 9.90. The number of halogens is 1. The third-order valence-electron chi connectivity index (χ3n) is 5.96. The van der Waals surface area contributed by atoms with Gasteiger partial charge in [0.2, 0.25) is 5.91 Å². The molecule has 0 saturated carbocycles. The zero-order valence-corrected chi connectivity index (χ0v) is 18.4. The summed E-state index contributed by atoms with van der Waals surface area (Å²) in [5.74, 6) is -1.27. The SMILES string of the molecule is CN(C)c1ccc([C@H]2[C@@H]3C(=O)N(c4ccccc4)C(=O)[C@@H]3ON2c2ccc(Cl)cc2)cc1. The predicted molar refractivity (Wildman–Crippen MR) is 125 cm³/mol. The largest absolute Gasteiger partial charge is 0.378 e. The fourth-order valence-corrected chi connectivity index (χ4v) is 4.49. The van der Waals surface area contributed by atoms with Crippen LogP contribution in [0.2, 0.25) is 5.02 Å². The number of para-hydroxylation sites is 1. The average Bonchev–Trinajstić information content (AvgIpc) is 3.31. The summed E-state index contributed by atoms with van der Waals surface area (Å²) < 4.78 is 0. The van der Waals surface area contributed by atoms with Gasteiger partial charge in [-0.3, -0.25) is 14.4 Å². The standard InChI is InChI=1S/C25H22ClN3O3/c1-27(2)18-12-8-16(9-13-18)22-21-23(32-29(22)20-14-10-17(26)11-15-20)25(31)28(24(21)30)19-6-4-3-5-7-19/h3-15,21-23H,1-2H3/t21-,22-,23+/m0/s1. The summed E-state index contributed by atoms with van der Waals surface area (Å²) in [4.78, 5) is 36.2. The lowest BCUT2D eigenvalue weighted by molar-refractivity contribution is -0.126. The number of fused-ring (bicyclic) bond motifs is 1. The number of anilines is 3. The van der Waals surface area contributed by atoms with Gasteiger partial charge in [0.15, 0.2) is 6.10 Å². The number of benzene rings is 3. The van der Waals surface area contributed by atoms with Crippen molar-refractivity contribution < 1.29 is 14.4 Å². The fourth-order valence-electron chi connectivity index (χ4n) is 4.37. The second kappa shape index (κ2) is 7.97. The lowest BCUT2D eigenvalue weighted by Crippen LogP contribution is -2.37. The first-order chi connectivity index (χ1) is 15.5. The van der Waals surface area contributed by atoms with Crippen LogP contribution in [0.5, 0.6) is 0 Å². The molecule has 32 heavy (non-hydrogen) atoms. The van der Waals surface area contributed by atoms with Crippen LogP contribution in [0, 0.1) is 5.92 Å². The summed E-state index contributed by atoms with van der Waals surface area (Å²) in [5, 5.41) is 2.27. The van der Waals surface area contributed by atoms with E-state index in [0.29, 0.717) is 10.7 Å². The van der Waals surface area contributed by atoms with Gasteiger partial charge >= 0.3 is 0 Å². The number of hydrogen-bond donors (Lipinski definition) is 0. The minimum atomic E-state index is -0.892. The fraction of sp³-hybridized carbons (Fsp3) is 0.200. The van der Waals surface area contributed by atoms with Gasteiger partial charge in [-0.25, -0.2) is 9.96 Å². The molecule has 2 aliphatic rings. The molecule has 5 rings (SSSR count). The Morgan fingerprint density at radius 1 is 0.812 bits per heavy atom. The van der Waals surface area contributed by atoms with Crippen LogP contribution >= 0.6 is 11.6 Å². The molecule has 3 atom stereocenters. The highest BCUT2D eigenvalue weighted by atomic mass is 35.5. The van der Waals surface area contributed by atoms with Crippen molar-refractivity contribution in [3.8, 4) is 0 Å². The van der Waals surface area contributed by atoms with E-state index in [1.165, 1.54) is 4.90 Å². The Kier molecular flexibility index (Phi) is 5.12. The van der Waals surface area contributed by atoms with Crippen molar-refractivity contribution in [2.24, 2.45) is 5.92 Å². The predicted octanol–water partition coefficient (Wildman–Crippen LogP) is 4.46. The Hall–Kier alpha value is -3.35. The van der Waals surface area contributed by atoms with Gasteiger partial charge in [-0.15, -0.1) is 0 Å². The highest BCUT2D eigenvalue weighted by Gasteiger charge is 2.60. The normalized spacial score (nSPS) is 22.4. The number of carbonyl (C=O) groups is 2. The summed E-state index contributed by atoms with van der Waals surface area (Å²) in [6.45, 7) is 0. The minimum Gasteiger partial charge on any atom is -0.378 e. The molecular formula is C25H22ClN3O3. The average molecular weight is 448 g/mol. The number of amides is 2. The summed E-state index contributed by atoms with van der Waals surface area (Å²) in [6, 6.07) is 23.7. The molecule has 2 aliphatic heterocycles. The Bertz CT molecular complexity index is 1150. The van der Waals surface area contributed by atoms with Gasteiger partial charge in [0.05, 0.1) is 17.4 Å². The molecule has 0 spiro atoms. The van der Waals surface area contributed by atoms with E-state index in [-0.39, 0.29) is 11.8 Å². The summed E-state index contributed by atoms with van der Waals surface area (Å²) >= 11 is 6.07. The molecule has 2 amide bonds. The van der Waals surface area contributed by atoms with Crippen LogP contribution in [-0.4, -0.2) is 32.0 Å². The Morgan fingerprint density at radius 3 is 2.09 bits per heavy atom. The zero-order valence-electron chi connectivity index (χ0n) is 17.7. The van der Waals surface area contributed by atoms with Crippen molar-refractivity contribution in [3.05, 3.63) is 89.4 Å². The van der Waals surface area contributed by atoms with Crippen molar-refractivity contribution in [1.82, 2.24) is 0 Å². The quantitative estimate of drug-likeness (QED) is 0.553. The van der Waals surface area contributed by atoms with Gasteiger partial charge < -0.3 is 4.90 Å². The second-order valence-corrected chi connectivity index (χ2v) is 8.57. The van der Waals surface area contributed by atoms with Gasteiger partial charge in [0.25, 0.3) is 5.91 Å². The van der Waals surface area contributed by atoms with Crippen LogP contribution in [0.15, 0.2) is 78.9 Å². The van der Waals surface area contributed by atoms with Crippen LogP contribution in [0.4, 0.5) is 17.1 Å². The number of hydrogen-bond acceptors (Lipinski definition) is 5. The molecule has 3 aromatic carbocycles. The maximum Gasteiger partial charge on any atom is 0.266 e. The van der Waals surface area contributed by atoms with Gasteiger partial charge in [0, 0.05) is 24.8 Å². The summed E-state index contributed by atoms with van der Waals surface area (Å²) in [7, 11) is 3.95. The van der Waals surface area contributed by atoms with Gasteiger partial charge in [0.1, 0.15) is 5.92 Å². The van der Waals surface area contributed by atoms with Crippen molar-refractivity contribution in [1.29, 1.82) is 0 Å². The molecule has 0 radical (unpaired) electrons. The molecule has 7 heteroatoms. The molecule has 0 bridgehead atoms. The van der Waals surface area contributed by atoms with Gasteiger partial charge in [-0.2, -0.15) is 0 Å². The van der Waals surface area contributed by atoms with E-state index in [2.05, 4.69) is 0 Å². The molecule has 6 nitrogen and oxygen atoms in total. The van der Waals surface area contributed by atoms with Crippen LogP contribution < -0.4 is 14.9 Å². The van der Waals surface area contributed by atoms with Crippen molar-refractivity contribution in [2.45, 2.75) is 12.1 Å². The van der Waals surface area contributed by atoms with Gasteiger partial charge in [-0.05, 0) is 54.1 Å². The molecule has 2 heterocycles. The van der Waals surface area contributed by atoms with E-state index in [0.717, 1.165) is 16.9 Å². The van der Waals surface area contributed by atoms with E-state index in [4.69, 9.17) is 16.4 Å². The van der Waals surface area contributed by atoms with Crippen molar-refractivity contribution >= 4 is 40.5 Å². The maximum atomic E-state index is 13.6. The second-order valence-electron chi connectivity index (χ2n) is 8.13. The Balaban J connectivity index is 1.57. The molecule has 0 unspecified atom stereocenters. The van der Waals surface area contributed by atoms with Crippen LogP contribution in [0.1, 0.15) is 11.6 Å². The topological polar surface area (TPSA) is 53.1 Å². The summed E-state index contributed by atoms with van der Waals surface area (Å²) in [6.07, 6.45) is -0.892. The van der Waals surface area contributed by atoms with Crippen molar-refractivity contribution in [2.75, 3.05) is 29.0 Å². The molecule has 0 N–H and O–H groups in total. The van der Waals surface area contributed by atoms with E-state index < -0.39 is 18.1 Å². The van der Waals surface area contributed by atoms with E-state index in [9.17, 15) is 9.59 Å². The first kappa shape index (κ1) is 20.5. The molecule has 2 saturated heterocycles. The third kappa shape index (κ3) is 3.32. The number of imide groups is 1. The van der Waals surface area contributed by atoms with E-state index >= 15 is 0 Å². The molecule has 3 aromatic rings. The van der Waals surface area contributed by atoms with Crippen LogP contribution in [0.25, 0.3) is 0 Å². The van der Waals surface area contributed by atoms with Crippen molar-refractivity contribution in [3.63, 3.8) is 0 Å². The Labute approximate surface area is 191 Å². The number of carbonyl (C=O) groups excluding carboxylic acids is 2. The number of hydroxylamine groups is 1.